The van der Waals surface area contributed by atoms with Crippen LogP contribution >= 0.6 is 0 Å². The van der Waals surface area contributed by atoms with Crippen molar-refractivity contribution in [1.82, 2.24) is 9.80 Å². The average Bonchev–Trinajstić information content (AvgIpc) is 2.75. The zero-order valence-electron chi connectivity index (χ0n) is 19.9. The number of amides is 1. The van der Waals surface area contributed by atoms with E-state index in [1.165, 1.54) is 17.9 Å². The molecule has 0 saturated carbocycles. The molecule has 7 nitrogen and oxygen atoms in total. The topological polar surface area (TPSA) is 76.2 Å². The highest BCUT2D eigenvalue weighted by Crippen LogP contribution is 2.18. The summed E-state index contributed by atoms with van der Waals surface area (Å²) in [6.45, 7) is 7.79. The van der Waals surface area contributed by atoms with Crippen LogP contribution in [0.3, 0.4) is 0 Å². The maximum Gasteiger partial charge on any atom is 0.253 e. The van der Waals surface area contributed by atoms with Gasteiger partial charge in [0.2, 0.25) is 0 Å². The Kier molecular flexibility index (Phi) is 8.51. The van der Waals surface area contributed by atoms with Crippen LogP contribution in [0.2, 0.25) is 0 Å². The first kappa shape index (κ1) is 25.2. The summed E-state index contributed by atoms with van der Waals surface area (Å²) in [5, 5.41) is 0. The van der Waals surface area contributed by atoms with E-state index in [4.69, 9.17) is 9.47 Å². The maximum absolute atomic E-state index is 12.7. The lowest BCUT2D eigenvalue weighted by molar-refractivity contribution is -0.0704. The van der Waals surface area contributed by atoms with Crippen molar-refractivity contribution in [2.45, 2.75) is 43.9 Å². The standard InChI is InChI=1S/C25H34N2O5S/c1-19-16-27(17-20(2)32-19)18-21-9-11-22(12-10-21)25(28)26(3)13-6-14-31-23-7-5-8-24(15-23)33(4,29)30/h5,7-12,15,19-20H,6,13-14,16-18H2,1-4H3. The molecule has 0 radical (unpaired) electrons. The molecule has 0 aromatic heterocycles. The van der Waals surface area contributed by atoms with Crippen LogP contribution in [0.25, 0.3) is 0 Å². The smallest absolute Gasteiger partial charge is 0.253 e. The zero-order valence-corrected chi connectivity index (χ0v) is 20.7. The Morgan fingerprint density at radius 2 is 1.79 bits per heavy atom. The third-order valence-electron chi connectivity index (χ3n) is 5.59. The van der Waals surface area contributed by atoms with Crippen molar-refractivity contribution in [3.63, 3.8) is 0 Å². The van der Waals surface area contributed by atoms with Gasteiger partial charge in [0.25, 0.3) is 5.91 Å². The summed E-state index contributed by atoms with van der Waals surface area (Å²) in [5.41, 5.74) is 1.84. The van der Waals surface area contributed by atoms with Gasteiger partial charge in [0.1, 0.15) is 5.75 Å². The van der Waals surface area contributed by atoms with Crippen molar-refractivity contribution in [3.8, 4) is 5.75 Å². The monoisotopic (exact) mass is 474 g/mol. The fraction of sp³-hybridized carbons (Fsp3) is 0.480. The Hall–Kier alpha value is -2.42. The van der Waals surface area contributed by atoms with Gasteiger partial charge in [-0.2, -0.15) is 0 Å². The Balaban J connectivity index is 1.45. The van der Waals surface area contributed by atoms with Crippen molar-refractivity contribution >= 4 is 15.7 Å². The molecule has 2 aromatic rings. The van der Waals surface area contributed by atoms with Gasteiger partial charge < -0.3 is 14.4 Å². The van der Waals surface area contributed by atoms with E-state index in [2.05, 4.69) is 18.7 Å². The summed E-state index contributed by atoms with van der Waals surface area (Å²) in [7, 11) is -1.49. The second-order valence-corrected chi connectivity index (χ2v) is 10.8. The molecule has 2 unspecified atom stereocenters. The molecule has 0 spiro atoms. The second kappa shape index (κ2) is 11.1. The molecule has 1 aliphatic heterocycles. The molecule has 1 heterocycles. The van der Waals surface area contributed by atoms with Crippen LogP contribution in [0, 0.1) is 0 Å². The van der Waals surface area contributed by atoms with Crippen molar-refractivity contribution in [2.75, 3.05) is 39.5 Å². The number of carbonyl (C=O) groups excluding carboxylic acids is 1. The lowest BCUT2D eigenvalue weighted by Crippen LogP contribution is -2.44. The van der Waals surface area contributed by atoms with Gasteiger partial charge in [-0.3, -0.25) is 9.69 Å². The molecule has 3 rings (SSSR count). The highest BCUT2D eigenvalue weighted by Gasteiger charge is 2.22. The van der Waals surface area contributed by atoms with Crippen LogP contribution in [0.4, 0.5) is 0 Å². The van der Waals surface area contributed by atoms with Crippen molar-refractivity contribution < 1.29 is 22.7 Å². The number of morpholine rings is 1. The molecule has 2 aromatic carbocycles. The van der Waals surface area contributed by atoms with E-state index in [-0.39, 0.29) is 23.0 Å². The average molecular weight is 475 g/mol. The highest BCUT2D eigenvalue weighted by atomic mass is 32.2. The van der Waals surface area contributed by atoms with Gasteiger partial charge in [-0.25, -0.2) is 8.42 Å². The lowest BCUT2D eigenvalue weighted by atomic mass is 10.1. The van der Waals surface area contributed by atoms with Crippen molar-refractivity contribution in [2.24, 2.45) is 0 Å². The molecular weight excluding hydrogens is 440 g/mol. The molecule has 8 heteroatoms. The van der Waals surface area contributed by atoms with E-state index in [0.717, 1.165) is 19.6 Å². The molecule has 1 amide bonds. The van der Waals surface area contributed by atoms with Gasteiger partial charge >= 0.3 is 0 Å². The minimum atomic E-state index is -3.27. The molecular formula is C25H34N2O5S. The van der Waals surface area contributed by atoms with Crippen molar-refractivity contribution in [1.29, 1.82) is 0 Å². The van der Waals surface area contributed by atoms with Crippen LogP contribution < -0.4 is 4.74 Å². The first-order valence-corrected chi connectivity index (χ1v) is 13.2. The van der Waals surface area contributed by atoms with Crippen LogP contribution in [0.1, 0.15) is 36.2 Å². The quantitative estimate of drug-likeness (QED) is 0.520. The van der Waals surface area contributed by atoms with E-state index in [9.17, 15) is 13.2 Å². The summed E-state index contributed by atoms with van der Waals surface area (Å²) in [6.07, 6.45) is 2.27. The highest BCUT2D eigenvalue weighted by molar-refractivity contribution is 7.90. The molecule has 0 bridgehead atoms. The van der Waals surface area contributed by atoms with Crippen LogP contribution in [0.5, 0.6) is 5.75 Å². The van der Waals surface area contributed by atoms with Gasteiger partial charge in [-0.15, -0.1) is 0 Å². The number of rotatable bonds is 9. The number of ether oxygens (including phenoxy) is 2. The van der Waals surface area contributed by atoms with E-state index in [0.29, 0.717) is 30.9 Å². The Morgan fingerprint density at radius 1 is 1.12 bits per heavy atom. The third kappa shape index (κ3) is 7.55. The minimum Gasteiger partial charge on any atom is -0.493 e. The molecule has 33 heavy (non-hydrogen) atoms. The van der Waals surface area contributed by atoms with Crippen LogP contribution in [-0.2, 0) is 21.1 Å². The number of nitrogens with zero attached hydrogens (tertiary/aromatic N) is 2. The summed E-state index contributed by atoms with van der Waals surface area (Å²) in [5.74, 6) is 0.473. The van der Waals surface area contributed by atoms with Gasteiger partial charge in [-0.05, 0) is 56.2 Å². The first-order valence-electron chi connectivity index (χ1n) is 11.3. The van der Waals surface area contributed by atoms with E-state index in [1.807, 2.05) is 24.3 Å². The van der Waals surface area contributed by atoms with Gasteiger partial charge in [0.05, 0.1) is 23.7 Å². The molecule has 180 valence electrons. The Labute approximate surface area is 197 Å². The van der Waals surface area contributed by atoms with Gasteiger partial charge in [0.15, 0.2) is 9.84 Å². The zero-order chi connectivity index (χ0) is 24.0. The number of sulfone groups is 1. The fourth-order valence-electron chi connectivity index (χ4n) is 4.03. The summed E-state index contributed by atoms with van der Waals surface area (Å²) in [4.78, 5) is 17.0. The Morgan fingerprint density at radius 3 is 2.42 bits per heavy atom. The Bertz CT molecular complexity index is 1030. The normalized spacial score (nSPS) is 19.3. The molecule has 1 fully saturated rings. The summed E-state index contributed by atoms with van der Waals surface area (Å²) in [6, 6.07) is 14.2. The number of hydrogen-bond acceptors (Lipinski definition) is 6. The number of carbonyl (C=O) groups is 1. The number of benzene rings is 2. The third-order valence-corrected chi connectivity index (χ3v) is 6.70. The minimum absolute atomic E-state index is 0.0331. The van der Waals surface area contributed by atoms with Crippen molar-refractivity contribution in [3.05, 3.63) is 59.7 Å². The lowest BCUT2D eigenvalue weighted by Gasteiger charge is -2.35. The van der Waals surface area contributed by atoms with Gasteiger partial charge in [0, 0.05) is 45.0 Å². The first-order chi connectivity index (χ1) is 15.6. The molecule has 1 aliphatic rings. The largest absolute Gasteiger partial charge is 0.493 e. The maximum atomic E-state index is 12.7. The molecule has 0 aliphatic carbocycles. The fourth-order valence-corrected chi connectivity index (χ4v) is 4.69. The van der Waals surface area contributed by atoms with E-state index < -0.39 is 9.84 Å². The molecule has 1 saturated heterocycles. The molecule has 2 atom stereocenters. The van der Waals surface area contributed by atoms with E-state index >= 15 is 0 Å². The van der Waals surface area contributed by atoms with Crippen LogP contribution in [0.15, 0.2) is 53.4 Å². The van der Waals surface area contributed by atoms with Gasteiger partial charge in [-0.1, -0.05) is 18.2 Å². The van der Waals surface area contributed by atoms with Crippen LogP contribution in [-0.4, -0.2) is 75.9 Å². The number of hydrogen-bond donors (Lipinski definition) is 0. The summed E-state index contributed by atoms with van der Waals surface area (Å²) < 4.78 is 34.8. The predicted octanol–water partition coefficient (Wildman–Crippen LogP) is 3.24. The molecule has 0 N–H and O–H groups in total. The summed E-state index contributed by atoms with van der Waals surface area (Å²) >= 11 is 0. The predicted molar refractivity (Wildman–Crippen MR) is 128 cm³/mol. The SMILES string of the molecule is CC1CN(Cc2ccc(C(=O)N(C)CCCOc3cccc(S(C)(=O)=O)c3)cc2)CC(C)O1. The second-order valence-electron chi connectivity index (χ2n) is 8.82. The van der Waals surface area contributed by atoms with E-state index in [1.54, 1.807) is 30.1 Å².